The molecule has 0 fully saturated rings. The summed E-state index contributed by atoms with van der Waals surface area (Å²) in [5, 5.41) is 1.29. The Kier molecular flexibility index (Phi) is 2.75. The van der Waals surface area contributed by atoms with Crippen molar-refractivity contribution in [2.75, 3.05) is 20.0 Å². The Labute approximate surface area is 97.9 Å². The van der Waals surface area contributed by atoms with Crippen LogP contribution in [-0.2, 0) is 0 Å². The number of aromatic nitrogens is 1. The van der Waals surface area contributed by atoms with Gasteiger partial charge in [0.25, 0.3) is 0 Å². The minimum absolute atomic E-state index is 0.307. The molecule has 0 unspecified atom stereocenters. The summed E-state index contributed by atoms with van der Waals surface area (Å²) >= 11 is 5.90. The van der Waals surface area contributed by atoms with Crippen LogP contribution in [0.2, 0.25) is 5.02 Å². The van der Waals surface area contributed by atoms with Crippen LogP contribution in [0.3, 0.4) is 0 Å². The quantitative estimate of drug-likeness (QED) is 0.873. The van der Waals surface area contributed by atoms with Gasteiger partial charge in [0.1, 0.15) is 5.82 Å². The highest BCUT2D eigenvalue weighted by Gasteiger charge is 2.08. The van der Waals surface area contributed by atoms with E-state index in [9.17, 15) is 0 Å². The highest BCUT2D eigenvalue weighted by molar-refractivity contribution is 6.33. The van der Waals surface area contributed by atoms with Gasteiger partial charge in [-0.3, -0.25) is 0 Å². The van der Waals surface area contributed by atoms with E-state index >= 15 is 0 Å². The smallest absolute Gasteiger partial charge is 0.162 e. The largest absolute Gasteiger partial charge is 0.493 e. The van der Waals surface area contributed by atoms with Gasteiger partial charge < -0.3 is 15.2 Å². The second-order valence-electron chi connectivity index (χ2n) is 3.26. The first-order valence-corrected chi connectivity index (χ1v) is 5.01. The van der Waals surface area contributed by atoms with Gasteiger partial charge >= 0.3 is 0 Å². The first-order valence-electron chi connectivity index (χ1n) is 4.63. The predicted molar refractivity (Wildman–Crippen MR) is 64.3 cm³/mol. The molecule has 0 aliphatic carbocycles. The van der Waals surface area contributed by atoms with Gasteiger partial charge in [-0.1, -0.05) is 11.6 Å². The Hall–Kier alpha value is -1.68. The summed E-state index contributed by atoms with van der Waals surface area (Å²) < 4.78 is 10.4. The molecule has 1 aromatic carbocycles. The van der Waals surface area contributed by atoms with Crippen molar-refractivity contribution in [1.29, 1.82) is 0 Å². The van der Waals surface area contributed by atoms with Crippen LogP contribution in [0.4, 0.5) is 5.82 Å². The number of ether oxygens (including phenoxy) is 2. The molecule has 0 saturated heterocycles. The van der Waals surface area contributed by atoms with E-state index in [1.165, 1.54) is 0 Å². The van der Waals surface area contributed by atoms with Crippen molar-refractivity contribution >= 4 is 28.3 Å². The topological polar surface area (TPSA) is 57.4 Å². The number of halogens is 1. The molecule has 0 aliphatic rings. The van der Waals surface area contributed by atoms with E-state index in [1.54, 1.807) is 26.4 Å². The van der Waals surface area contributed by atoms with Crippen molar-refractivity contribution in [3.8, 4) is 11.5 Å². The molecular weight excluding hydrogens is 228 g/mol. The Morgan fingerprint density at radius 3 is 2.38 bits per heavy atom. The molecule has 0 aliphatic heterocycles. The molecule has 0 amide bonds. The first-order chi connectivity index (χ1) is 7.65. The lowest BCUT2D eigenvalue weighted by molar-refractivity contribution is 0.356. The fourth-order valence-electron chi connectivity index (χ4n) is 1.49. The third kappa shape index (κ3) is 1.72. The molecule has 4 nitrogen and oxygen atoms in total. The lowest BCUT2D eigenvalue weighted by Gasteiger charge is -2.09. The third-order valence-corrected chi connectivity index (χ3v) is 2.60. The normalized spacial score (nSPS) is 10.4. The van der Waals surface area contributed by atoms with Crippen molar-refractivity contribution in [2.24, 2.45) is 0 Å². The van der Waals surface area contributed by atoms with E-state index in [0.29, 0.717) is 22.3 Å². The molecule has 2 rings (SSSR count). The molecule has 2 aromatic rings. The van der Waals surface area contributed by atoms with Gasteiger partial charge in [0.05, 0.1) is 24.8 Å². The molecule has 1 aromatic heterocycles. The Morgan fingerprint density at radius 1 is 1.12 bits per heavy atom. The summed E-state index contributed by atoms with van der Waals surface area (Å²) in [5.41, 5.74) is 6.35. The Balaban J connectivity index is 2.73. The maximum Gasteiger partial charge on any atom is 0.162 e. The van der Waals surface area contributed by atoms with E-state index in [2.05, 4.69) is 4.98 Å². The number of nitrogens with two attached hydrogens (primary N) is 1. The molecule has 0 bridgehead atoms. The first kappa shape index (κ1) is 10.8. The molecule has 5 heteroatoms. The molecule has 2 N–H and O–H groups in total. The molecule has 84 valence electrons. The molecular formula is C11H11ClN2O2. The number of anilines is 1. The zero-order valence-electron chi connectivity index (χ0n) is 8.95. The SMILES string of the molecule is COc1cc2cc(Cl)c(N)nc2cc1OC. The number of methoxy groups -OCH3 is 2. The molecule has 0 spiro atoms. The molecule has 1 heterocycles. The Bertz CT molecular complexity index is 494. The van der Waals surface area contributed by atoms with Crippen LogP contribution in [0.25, 0.3) is 10.9 Å². The van der Waals surface area contributed by atoms with Crippen LogP contribution in [0.15, 0.2) is 18.2 Å². The molecule has 16 heavy (non-hydrogen) atoms. The monoisotopic (exact) mass is 238 g/mol. The van der Waals surface area contributed by atoms with Crippen molar-refractivity contribution in [1.82, 2.24) is 4.98 Å². The number of hydrogen-bond acceptors (Lipinski definition) is 4. The van der Waals surface area contributed by atoms with Gasteiger partial charge in [0.15, 0.2) is 11.5 Å². The second kappa shape index (κ2) is 4.06. The highest BCUT2D eigenvalue weighted by atomic mass is 35.5. The van der Waals surface area contributed by atoms with Gasteiger partial charge in [-0.2, -0.15) is 0 Å². The van der Waals surface area contributed by atoms with E-state index in [1.807, 2.05) is 6.07 Å². The number of benzene rings is 1. The van der Waals surface area contributed by atoms with Gasteiger partial charge in [-0.15, -0.1) is 0 Å². The van der Waals surface area contributed by atoms with E-state index in [0.717, 1.165) is 10.9 Å². The minimum atomic E-state index is 0.307. The van der Waals surface area contributed by atoms with Crippen molar-refractivity contribution in [3.05, 3.63) is 23.2 Å². The van der Waals surface area contributed by atoms with E-state index in [4.69, 9.17) is 26.8 Å². The predicted octanol–water partition coefficient (Wildman–Crippen LogP) is 2.49. The number of pyridine rings is 1. The van der Waals surface area contributed by atoms with Gasteiger partial charge in [0.2, 0.25) is 0 Å². The molecule has 0 atom stereocenters. The Morgan fingerprint density at radius 2 is 1.75 bits per heavy atom. The number of fused-ring (bicyclic) bond motifs is 1. The van der Waals surface area contributed by atoms with E-state index in [-0.39, 0.29) is 0 Å². The number of nitrogens with zero attached hydrogens (tertiary/aromatic N) is 1. The molecule has 0 saturated carbocycles. The van der Waals surface area contributed by atoms with Crippen LogP contribution in [-0.4, -0.2) is 19.2 Å². The van der Waals surface area contributed by atoms with Gasteiger partial charge in [-0.25, -0.2) is 4.98 Å². The average molecular weight is 239 g/mol. The lowest BCUT2D eigenvalue weighted by Crippen LogP contribution is -1.94. The summed E-state index contributed by atoms with van der Waals surface area (Å²) in [6.45, 7) is 0. The average Bonchev–Trinajstić information content (AvgIpc) is 2.29. The maximum atomic E-state index is 5.90. The fraction of sp³-hybridized carbons (Fsp3) is 0.182. The summed E-state index contributed by atoms with van der Waals surface area (Å²) in [6, 6.07) is 5.33. The van der Waals surface area contributed by atoms with Crippen LogP contribution in [0, 0.1) is 0 Å². The standard InChI is InChI=1S/C11H11ClN2O2/c1-15-9-4-6-3-7(12)11(13)14-8(6)5-10(9)16-2/h3-5H,1-2H3,(H2,13,14). The fourth-order valence-corrected chi connectivity index (χ4v) is 1.65. The van der Waals surface area contributed by atoms with Crippen LogP contribution >= 0.6 is 11.6 Å². The number of rotatable bonds is 2. The number of hydrogen-bond donors (Lipinski definition) is 1. The van der Waals surface area contributed by atoms with Crippen molar-refractivity contribution in [3.63, 3.8) is 0 Å². The van der Waals surface area contributed by atoms with Crippen molar-refractivity contribution < 1.29 is 9.47 Å². The molecule has 0 radical (unpaired) electrons. The van der Waals surface area contributed by atoms with Crippen molar-refractivity contribution in [2.45, 2.75) is 0 Å². The van der Waals surface area contributed by atoms with Crippen LogP contribution in [0.1, 0.15) is 0 Å². The third-order valence-electron chi connectivity index (χ3n) is 2.30. The van der Waals surface area contributed by atoms with Gasteiger partial charge in [-0.05, 0) is 12.1 Å². The van der Waals surface area contributed by atoms with Gasteiger partial charge in [0, 0.05) is 11.5 Å². The second-order valence-corrected chi connectivity index (χ2v) is 3.66. The van der Waals surface area contributed by atoms with Crippen LogP contribution in [0.5, 0.6) is 11.5 Å². The summed E-state index contributed by atoms with van der Waals surface area (Å²) in [4.78, 5) is 4.17. The summed E-state index contributed by atoms with van der Waals surface area (Å²) in [6.07, 6.45) is 0. The zero-order chi connectivity index (χ0) is 11.7. The number of nitrogen functional groups attached to an aromatic ring is 1. The van der Waals surface area contributed by atoms with Crippen LogP contribution < -0.4 is 15.2 Å². The minimum Gasteiger partial charge on any atom is -0.493 e. The summed E-state index contributed by atoms with van der Waals surface area (Å²) in [5.74, 6) is 1.56. The summed E-state index contributed by atoms with van der Waals surface area (Å²) in [7, 11) is 3.15. The maximum absolute atomic E-state index is 5.90. The lowest BCUT2D eigenvalue weighted by atomic mass is 10.2. The zero-order valence-corrected chi connectivity index (χ0v) is 9.71. The highest BCUT2D eigenvalue weighted by Crippen LogP contribution is 2.33. The van der Waals surface area contributed by atoms with E-state index < -0.39 is 0 Å².